The zero-order chi connectivity index (χ0) is 19.5. The molecule has 0 aromatic heterocycles. The van der Waals surface area contributed by atoms with Crippen LogP contribution in [0.2, 0.25) is 0 Å². The van der Waals surface area contributed by atoms with Crippen molar-refractivity contribution >= 4 is 11.7 Å². The molecule has 6 nitrogen and oxygen atoms in total. The van der Waals surface area contributed by atoms with E-state index in [1.165, 1.54) is 6.07 Å². The monoisotopic (exact) mass is 388 g/mol. The van der Waals surface area contributed by atoms with Crippen LogP contribution in [0.5, 0.6) is 5.75 Å². The van der Waals surface area contributed by atoms with Gasteiger partial charge in [-0.05, 0) is 24.6 Å². The summed E-state index contributed by atoms with van der Waals surface area (Å²) in [5, 5.41) is 2.57. The van der Waals surface area contributed by atoms with Gasteiger partial charge in [-0.1, -0.05) is 6.92 Å². The fraction of sp³-hybridized carbons (Fsp3) is 0.611. The number of carbonyl (C=O) groups excluding carboxylic acids is 1. The van der Waals surface area contributed by atoms with Gasteiger partial charge < -0.3 is 24.4 Å². The maximum absolute atomic E-state index is 13.0. The molecule has 150 valence electrons. The number of benzene rings is 1. The summed E-state index contributed by atoms with van der Waals surface area (Å²) in [4.78, 5) is 14.2. The van der Waals surface area contributed by atoms with Crippen molar-refractivity contribution in [1.29, 1.82) is 0 Å². The van der Waals surface area contributed by atoms with E-state index < -0.39 is 23.4 Å². The van der Waals surface area contributed by atoms with Crippen LogP contribution in [-0.4, -0.2) is 56.0 Å². The van der Waals surface area contributed by atoms with Crippen molar-refractivity contribution in [3.05, 3.63) is 23.8 Å². The topological polar surface area (TPSA) is 60.0 Å². The van der Waals surface area contributed by atoms with Crippen LogP contribution < -0.4 is 10.1 Å². The highest BCUT2D eigenvalue weighted by Gasteiger charge is 2.42. The Balaban J connectivity index is 1.76. The number of carbonyl (C=O) groups is 1. The molecule has 1 spiro atoms. The summed E-state index contributed by atoms with van der Waals surface area (Å²) in [6.45, 7) is 4.26. The Hall–Kier alpha value is -2.00. The Kier molecular flexibility index (Phi) is 5.81. The average Bonchev–Trinajstić information content (AvgIpc) is 3.07. The number of ether oxygens (including phenoxy) is 3. The van der Waals surface area contributed by atoms with Gasteiger partial charge in [0.05, 0.1) is 37.6 Å². The lowest BCUT2D eigenvalue weighted by molar-refractivity contribution is -0.137. The number of nitrogens with one attached hydrogen (secondary N) is 1. The quantitative estimate of drug-likeness (QED) is 0.858. The molecule has 2 aliphatic heterocycles. The second-order valence-corrected chi connectivity index (χ2v) is 6.74. The van der Waals surface area contributed by atoms with E-state index in [-0.39, 0.29) is 11.4 Å². The van der Waals surface area contributed by atoms with Crippen molar-refractivity contribution in [2.45, 2.75) is 31.5 Å². The molecule has 1 N–H and O–H groups in total. The van der Waals surface area contributed by atoms with Crippen LogP contribution in [0.1, 0.15) is 25.3 Å². The van der Waals surface area contributed by atoms with Crippen LogP contribution in [0.15, 0.2) is 18.2 Å². The number of rotatable bonds is 4. The predicted molar refractivity (Wildman–Crippen MR) is 91.9 cm³/mol. The second-order valence-electron chi connectivity index (χ2n) is 6.74. The lowest BCUT2D eigenvalue weighted by Crippen LogP contribution is -2.55. The first-order chi connectivity index (χ1) is 12.8. The molecule has 0 radical (unpaired) electrons. The van der Waals surface area contributed by atoms with Crippen LogP contribution in [0.3, 0.4) is 0 Å². The third-order valence-electron chi connectivity index (χ3n) is 4.61. The summed E-state index contributed by atoms with van der Waals surface area (Å²) in [6.07, 6.45) is -3.13. The Morgan fingerprint density at radius 3 is 2.85 bits per heavy atom. The molecular weight excluding hydrogens is 365 g/mol. The summed E-state index contributed by atoms with van der Waals surface area (Å²) in [5.41, 5.74) is -1.36. The molecule has 2 saturated heterocycles. The SMILES string of the molecule is CCCOc1ccc(C(F)(F)F)cc1NC(=O)N1CCO[C@@]2(CCOC2)C1. The number of hydrogen-bond donors (Lipinski definition) is 1. The van der Waals surface area contributed by atoms with Gasteiger partial charge in [-0.3, -0.25) is 0 Å². The standard InChI is InChI=1S/C18H23F3N2O4/c1-2-7-26-15-4-3-13(18(19,20)21)10-14(15)22-16(24)23-6-9-27-17(11-23)5-8-25-12-17/h3-4,10H,2,5-9,11-12H2,1H3,(H,22,24)/t17-/m0/s1. The molecule has 1 aromatic carbocycles. The average molecular weight is 388 g/mol. The first-order valence-corrected chi connectivity index (χ1v) is 8.95. The van der Waals surface area contributed by atoms with Gasteiger partial charge in [0.25, 0.3) is 0 Å². The van der Waals surface area contributed by atoms with E-state index in [1.54, 1.807) is 4.90 Å². The largest absolute Gasteiger partial charge is 0.491 e. The molecule has 1 atom stereocenters. The van der Waals surface area contributed by atoms with Gasteiger partial charge >= 0.3 is 12.2 Å². The predicted octanol–water partition coefficient (Wildman–Crippen LogP) is 3.52. The summed E-state index contributed by atoms with van der Waals surface area (Å²) in [5.74, 6) is 0.213. The molecule has 27 heavy (non-hydrogen) atoms. The van der Waals surface area contributed by atoms with Crippen LogP contribution in [-0.2, 0) is 15.7 Å². The first-order valence-electron chi connectivity index (χ1n) is 8.95. The maximum atomic E-state index is 13.0. The summed E-state index contributed by atoms with van der Waals surface area (Å²) >= 11 is 0. The summed E-state index contributed by atoms with van der Waals surface area (Å²) in [7, 11) is 0. The highest BCUT2D eigenvalue weighted by atomic mass is 19.4. The zero-order valence-electron chi connectivity index (χ0n) is 15.1. The summed E-state index contributed by atoms with van der Waals surface area (Å²) < 4.78 is 55.8. The molecule has 2 fully saturated rings. The lowest BCUT2D eigenvalue weighted by Gasteiger charge is -2.39. The highest BCUT2D eigenvalue weighted by molar-refractivity contribution is 5.91. The van der Waals surface area contributed by atoms with Crippen molar-refractivity contribution in [3.63, 3.8) is 0 Å². The van der Waals surface area contributed by atoms with Gasteiger partial charge in [0, 0.05) is 19.6 Å². The second kappa shape index (κ2) is 7.93. The van der Waals surface area contributed by atoms with E-state index in [0.717, 1.165) is 12.1 Å². The number of alkyl halides is 3. The number of hydrogen-bond acceptors (Lipinski definition) is 4. The Labute approximate surface area is 155 Å². The molecule has 2 aliphatic rings. The highest BCUT2D eigenvalue weighted by Crippen LogP contribution is 2.35. The minimum atomic E-state index is -4.51. The minimum Gasteiger partial charge on any atom is -0.491 e. The van der Waals surface area contributed by atoms with Crippen LogP contribution in [0.25, 0.3) is 0 Å². The molecule has 3 rings (SSSR count). The Morgan fingerprint density at radius 2 is 2.19 bits per heavy atom. The van der Waals surface area contributed by atoms with E-state index in [0.29, 0.717) is 52.4 Å². The first kappa shape index (κ1) is 19.8. The number of amides is 2. The number of morpholine rings is 1. The molecule has 2 heterocycles. The van der Waals surface area contributed by atoms with Gasteiger partial charge in [0.15, 0.2) is 0 Å². The van der Waals surface area contributed by atoms with Crippen molar-refractivity contribution in [1.82, 2.24) is 4.90 Å². The van der Waals surface area contributed by atoms with Crippen molar-refractivity contribution in [2.75, 3.05) is 44.8 Å². The van der Waals surface area contributed by atoms with Crippen LogP contribution in [0, 0.1) is 0 Å². The van der Waals surface area contributed by atoms with Crippen molar-refractivity contribution < 1.29 is 32.2 Å². The van der Waals surface area contributed by atoms with E-state index >= 15 is 0 Å². The van der Waals surface area contributed by atoms with Gasteiger partial charge in [0.2, 0.25) is 0 Å². The Bertz CT molecular complexity index is 675. The molecule has 0 aliphatic carbocycles. The fourth-order valence-electron chi connectivity index (χ4n) is 3.18. The van der Waals surface area contributed by atoms with Gasteiger partial charge in [-0.25, -0.2) is 4.79 Å². The molecule has 1 aromatic rings. The zero-order valence-corrected chi connectivity index (χ0v) is 15.1. The number of anilines is 1. The van der Waals surface area contributed by atoms with Gasteiger partial charge in [0.1, 0.15) is 11.4 Å². The van der Waals surface area contributed by atoms with Crippen LogP contribution >= 0.6 is 0 Å². The minimum absolute atomic E-state index is 0.00601. The summed E-state index contributed by atoms with van der Waals surface area (Å²) in [6, 6.07) is 2.60. The fourth-order valence-corrected chi connectivity index (χ4v) is 3.18. The smallest absolute Gasteiger partial charge is 0.416 e. The number of urea groups is 1. The third kappa shape index (κ3) is 4.65. The van der Waals surface area contributed by atoms with E-state index in [4.69, 9.17) is 14.2 Å². The maximum Gasteiger partial charge on any atom is 0.416 e. The molecule has 2 amide bonds. The van der Waals surface area contributed by atoms with Crippen molar-refractivity contribution in [2.24, 2.45) is 0 Å². The molecule has 0 unspecified atom stereocenters. The number of halogens is 3. The lowest BCUT2D eigenvalue weighted by atomic mass is 10.0. The molecule has 0 saturated carbocycles. The molecule has 9 heteroatoms. The Morgan fingerprint density at radius 1 is 1.37 bits per heavy atom. The third-order valence-corrected chi connectivity index (χ3v) is 4.61. The van der Waals surface area contributed by atoms with E-state index in [1.807, 2.05) is 6.92 Å². The van der Waals surface area contributed by atoms with Crippen molar-refractivity contribution in [3.8, 4) is 5.75 Å². The van der Waals surface area contributed by atoms with E-state index in [9.17, 15) is 18.0 Å². The van der Waals surface area contributed by atoms with Crippen LogP contribution in [0.4, 0.5) is 23.7 Å². The van der Waals surface area contributed by atoms with Gasteiger partial charge in [-0.15, -0.1) is 0 Å². The van der Waals surface area contributed by atoms with E-state index in [2.05, 4.69) is 5.32 Å². The van der Waals surface area contributed by atoms with Gasteiger partial charge in [-0.2, -0.15) is 13.2 Å². The molecular formula is C18H23F3N2O4. The molecule has 0 bridgehead atoms. The number of nitrogens with zero attached hydrogens (tertiary/aromatic N) is 1. The normalized spacial score (nSPS) is 22.9.